The Balaban J connectivity index is 1.74. The fourth-order valence-electron chi connectivity index (χ4n) is 3.50. The van der Waals surface area contributed by atoms with Crippen molar-refractivity contribution in [2.24, 2.45) is 7.05 Å². The van der Waals surface area contributed by atoms with Gasteiger partial charge in [-0.3, -0.25) is 23.6 Å². The van der Waals surface area contributed by atoms with Crippen molar-refractivity contribution in [1.82, 2.24) is 33.9 Å². The van der Waals surface area contributed by atoms with E-state index >= 15 is 0 Å². The highest BCUT2D eigenvalue weighted by atomic mass is 16.5. The van der Waals surface area contributed by atoms with Crippen molar-refractivity contribution in [3.05, 3.63) is 57.0 Å². The summed E-state index contributed by atoms with van der Waals surface area (Å²) in [5.74, 6) is 0.867. The molecule has 0 bridgehead atoms. The molecule has 162 valence electrons. The molecule has 0 atom stereocenters. The zero-order valence-corrected chi connectivity index (χ0v) is 17.8. The average molecular weight is 423 g/mol. The molecule has 0 aliphatic rings. The molecule has 4 aromatic rings. The second-order valence-corrected chi connectivity index (χ2v) is 7.28. The molecule has 0 aliphatic heterocycles. The number of fused-ring (bicyclic) bond motifs is 1. The molecular formula is C21H25N7O3. The van der Waals surface area contributed by atoms with Gasteiger partial charge in [-0.2, -0.15) is 0 Å². The lowest BCUT2D eigenvalue weighted by atomic mass is 10.4. The van der Waals surface area contributed by atoms with Gasteiger partial charge in [0.25, 0.3) is 5.56 Å². The van der Waals surface area contributed by atoms with Crippen LogP contribution in [0.3, 0.4) is 0 Å². The van der Waals surface area contributed by atoms with Crippen LogP contribution in [-0.2, 0) is 26.7 Å². The number of H-pyrrole nitrogens is 1. The Kier molecular flexibility index (Phi) is 5.70. The Bertz CT molecular complexity index is 1310. The number of rotatable bonds is 8. The third-order valence-corrected chi connectivity index (χ3v) is 4.95. The van der Waals surface area contributed by atoms with Crippen LogP contribution in [0.15, 0.2) is 40.1 Å². The minimum absolute atomic E-state index is 0.287. The number of aromatic nitrogens is 7. The molecule has 4 heterocycles. The van der Waals surface area contributed by atoms with E-state index in [0.717, 1.165) is 12.1 Å². The van der Waals surface area contributed by atoms with E-state index in [2.05, 4.69) is 20.1 Å². The molecule has 10 nitrogen and oxygen atoms in total. The summed E-state index contributed by atoms with van der Waals surface area (Å²) in [6, 6.07) is 7.35. The van der Waals surface area contributed by atoms with Gasteiger partial charge in [0.05, 0.1) is 5.69 Å². The summed E-state index contributed by atoms with van der Waals surface area (Å²) >= 11 is 0. The fourth-order valence-corrected chi connectivity index (χ4v) is 3.50. The molecule has 0 saturated carbocycles. The minimum Gasteiger partial charge on any atom is -0.470 e. The first-order chi connectivity index (χ1) is 15.0. The van der Waals surface area contributed by atoms with Gasteiger partial charge in [0.1, 0.15) is 17.8 Å². The molecule has 0 amide bonds. The van der Waals surface area contributed by atoms with Gasteiger partial charge in [-0.25, -0.2) is 9.78 Å². The first-order valence-corrected chi connectivity index (χ1v) is 10.3. The third-order valence-electron chi connectivity index (χ3n) is 4.95. The van der Waals surface area contributed by atoms with Gasteiger partial charge < -0.3 is 9.72 Å². The van der Waals surface area contributed by atoms with Gasteiger partial charge in [0.15, 0.2) is 11.5 Å². The summed E-state index contributed by atoms with van der Waals surface area (Å²) in [6.07, 6.45) is 3.14. The summed E-state index contributed by atoms with van der Waals surface area (Å²) in [5, 5.41) is 4.37. The van der Waals surface area contributed by atoms with E-state index in [1.807, 2.05) is 32.0 Å². The van der Waals surface area contributed by atoms with E-state index in [4.69, 9.17) is 4.74 Å². The lowest BCUT2D eigenvalue weighted by Crippen LogP contribution is -2.40. The zero-order valence-electron chi connectivity index (χ0n) is 17.8. The maximum Gasteiger partial charge on any atom is 0.332 e. The van der Waals surface area contributed by atoms with Crippen LogP contribution in [0.2, 0.25) is 0 Å². The molecule has 31 heavy (non-hydrogen) atoms. The van der Waals surface area contributed by atoms with Crippen LogP contribution in [-0.4, -0.2) is 33.9 Å². The Hall–Kier alpha value is -3.69. The molecule has 0 fully saturated rings. The maximum atomic E-state index is 12.9. The van der Waals surface area contributed by atoms with Gasteiger partial charge in [0.2, 0.25) is 5.88 Å². The number of ether oxygens (including phenoxy) is 1. The molecule has 1 N–H and O–H groups in total. The van der Waals surface area contributed by atoms with Crippen LogP contribution in [0, 0.1) is 0 Å². The highest BCUT2D eigenvalue weighted by Crippen LogP contribution is 2.23. The van der Waals surface area contributed by atoms with Gasteiger partial charge in [-0.05, 0) is 25.0 Å². The smallest absolute Gasteiger partial charge is 0.332 e. The van der Waals surface area contributed by atoms with E-state index < -0.39 is 0 Å². The first kappa shape index (κ1) is 20.6. The number of pyridine rings is 1. The van der Waals surface area contributed by atoms with Gasteiger partial charge in [-0.1, -0.05) is 19.9 Å². The lowest BCUT2D eigenvalue weighted by Gasteiger charge is -2.09. The second-order valence-electron chi connectivity index (χ2n) is 7.28. The Morgan fingerprint density at radius 2 is 1.87 bits per heavy atom. The van der Waals surface area contributed by atoms with Gasteiger partial charge >= 0.3 is 5.69 Å². The fraction of sp³-hybridized carbons (Fsp3) is 0.381. The van der Waals surface area contributed by atoms with Crippen molar-refractivity contribution >= 4 is 11.2 Å². The highest BCUT2D eigenvalue weighted by Gasteiger charge is 2.19. The van der Waals surface area contributed by atoms with E-state index in [1.54, 1.807) is 28.6 Å². The van der Waals surface area contributed by atoms with Crippen LogP contribution in [0.1, 0.15) is 32.4 Å². The topological polar surface area (TPSA) is 113 Å². The molecule has 10 heteroatoms. The van der Waals surface area contributed by atoms with E-state index in [9.17, 15) is 9.59 Å². The summed E-state index contributed by atoms with van der Waals surface area (Å²) in [4.78, 5) is 37.7. The normalized spacial score (nSPS) is 11.3. The first-order valence-electron chi connectivity index (χ1n) is 10.3. The second kappa shape index (κ2) is 8.58. The number of hydrogen-bond acceptors (Lipinski definition) is 6. The van der Waals surface area contributed by atoms with Crippen molar-refractivity contribution in [3.63, 3.8) is 0 Å². The standard InChI is InChI=1S/C21H25N7O3/c1-4-10-27-19-17(20(29)28(11-5-2)21(27)30)23-18(24-19)15-12-16(25-26(15)3)31-13-14-8-6-7-9-22-14/h6-9,12H,4-5,10-11,13H2,1-3H3,(H,23,24). The highest BCUT2D eigenvalue weighted by molar-refractivity contribution is 5.74. The van der Waals surface area contributed by atoms with Crippen LogP contribution in [0.4, 0.5) is 0 Å². The van der Waals surface area contributed by atoms with Gasteiger partial charge in [-0.15, -0.1) is 5.10 Å². The van der Waals surface area contributed by atoms with E-state index in [-0.39, 0.29) is 17.9 Å². The summed E-state index contributed by atoms with van der Waals surface area (Å²) in [7, 11) is 1.77. The molecule has 0 radical (unpaired) electrons. The zero-order chi connectivity index (χ0) is 22.0. The van der Waals surface area contributed by atoms with Crippen LogP contribution < -0.4 is 16.0 Å². The van der Waals surface area contributed by atoms with Crippen molar-refractivity contribution in [2.45, 2.75) is 46.4 Å². The predicted octanol–water partition coefficient (Wildman–Crippen LogP) is 2.08. The molecular weight excluding hydrogens is 398 g/mol. The van der Waals surface area contributed by atoms with E-state index in [1.165, 1.54) is 4.57 Å². The van der Waals surface area contributed by atoms with Crippen molar-refractivity contribution in [2.75, 3.05) is 0 Å². The molecule has 4 rings (SSSR count). The number of imidazole rings is 1. The molecule has 0 unspecified atom stereocenters. The molecule has 0 aromatic carbocycles. The molecule has 0 saturated heterocycles. The summed E-state index contributed by atoms with van der Waals surface area (Å²) in [5.41, 5.74) is 1.41. The number of hydrogen-bond donors (Lipinski definition) is 1. The Labute approximate surface area is 178 Å². The van der Waals surface area contributed by atoms with Crippen LogP contribution in [0.5, 0.6) is 5.88 Å². The Morgan fingerprint density at radius 3 is 2.58 bits per heavy atom. The Morgan fingerprint density at radius 1 is 1.10 bits per heavy atom. The summed E-state index contributed by atoms with van der Waals surface area (Å²) in [6.45, 7) is 5.04. The number of nitrogens with one attached hydrogen (secondary N) is 1. The SMILES string of the molecule is CCCn1c(=O)c2[nH]c(-c3cc(OCc4ccccn4)nn3C)nc2n(CCC)c1=O. The van der Waals surface area contributed by atoms with Crippen LogP contribution in [0.25, 0.3) is 22.7 Å². The minimum atomic E-state index is -0.359. The van der Waals surface area contributed by atoms with Crippen molar-refractivity contribution in [1.29, 1.82) is 0 Å². The molecule has 4 aromatic heterocycles. The van der Waals surface area contributed by atoms with Crippen LogP contribution >= 0.6 is 0 Å². The third kappa shape index (κ3) is 3.88. The average Bonchev–Trinajstić information content (AvgIpc) is 3.37. The van der Waals surface area contributed by atoms with E-state index in [0.29, 0.717) is 48.1 Å². The number of aromatic amines is 1. The molecule has 0 spiro atoms. The number of aryl methyl sites for hydroxylation is 2. The lowest BCUT2D eigenvalue weighted by molar-refractivity contribution is 0.286. The largest absolute Gasteiger partial charge is 0.470 e. The van der Waals surface area contributed by atoms with Crippen molar-refractivity contribution < 1.29 is 4.74 Å². The van der Waals surface area contributed by atoms with Gasteiger partial charge in [0, 0.05) is 32.4 Å². The monoisotopic (exact) mass is 423 g/mol. The van der Waals surface area contributed by atoms with Crippen molar-refractivity contribution in [3.8, 4) is 17.4 Å². The summed E-state index contributed by atoms with van der Waals surface area (Å²) < 4.78 is 10.2. The quantitative estimate of drug-likeness (QED) is 0.464. The number of nitrogens with zero attached hydrogens (tertiary/aromatic N) is 6. The molecule has 0 aliphatic carbocycles. The predicted molar refractivity (Wildman–Crippen MR) is 116 cm³/mol. The maximum absolute atomic E-state index is 12.9.